The summed E-state index contributed by atoms with van der Waals surface area (Å²) in [6, 6.07) is -0.634. The van der Waals surface area contributed by atoms with E-state index in [2.05, 4.69) is 67.8 Å². The minimum atomic E-state index is -0.850. The van der Waals surface area contributed by atoms with Crippen LogP contribution in [0.4, 0.5) is 0 Å². The Morgan fingerprint density at radius 3 is 1.04 bits per heavy atom. The molecule has 0 aliphatic heterocycles. The normalized spacial score (nSPS) is 13.0. The number of esters is 1. The van der Waals surface area contributed by atoms with Crippen LogP contribution in [-0.4, -0.2) is 47.4 Å². The van der Waals surface area contributed by atoms with Crippen molar-refractivity contribution in [3.63, 3.8) is 0 Å². The number of unbranched alkanes of at least 4 members (excludes halogenated alkanes) is 42. The number of aliphatic hydroxyl groups excluding tert-OH is 2. The van der Waals surface area contributed by atoms with Crippen molar-refractivity contribution in [1.82, 2.24) is 5.32 Å². The Morgan fingerprint density at radius 1 is 0.373 bits per heavy atom. The van der Waals surface area contributed by atoms with Crippen LogP contribution in [0.2, 0.25) is 0 Å². The molecule has 2 unspecified atom stereocenters. The first-order valence-electron chi connectivity index (χ1n) is 33.1. The zero-order valence-corrected chi connectivity index (χ0v) is 50.0. The summed E-state index contributed by atoms with van der Waals surface area (Å²) in [6.45, 7) is 4.88. The summed E-state index contributed by atoms with van der Waals surface area (Å²) in [5.41, 5.74) is 0. The lowest BCUT2D eigenvalue weighted by atomic mass is 10.0. The van der Waals surface area contributed by atoms with E-state index in [1.54, 1.807) is 6.08 Å². The SMILES string of the molecule is CCCCC/C=C\C/C=C\CCCCCCCCCC(=O)OCCCCCCCCCCC/C=C\C/C=C\CCCCCCCCCCCC(=O)NC(CO)C(O)/C=C/CCCCCCCCCCCCCCCC. The predicted molar refractivity (Wildman–Crippen MR) is 328 cm³/mol. The third-order valence-corrected chi connectivity index (χ3v) is 15.0. The van der Waals surface area contributed by atoms with E-state index < -0.39 is 12.1 Å². The van der Waals surface area contributed by atoms with Crippen molar-refractivity contribution in [2.24, 2.45) is 0 Å². The Bertz CT molecular complexity index is 1300. The zero-order chi connectivity index (χ0) is 54.3. The van der Waals surface area contributed by atoms with E-state index in [4.69, 9.17) is 4.74 Å². The fourth-order valence-corrected chi connectivity index (χ4v) is 9.93. The molecule has 0 spiro atoms. The highest BCUT2D eigenvalue weighted by atomic mass is 16.5. The van der Waals surface area contributed by atoms with Gasteiger partial charge in [0.2, 0.25) is 5.91 Å². The minimum Gasteiger partial charge on any atom is -0.466 e. The molecule has 438 valence electrons. The molecule has 0 rings (SSSR count). The lowest BCUT2D eigenvalue weighted by molar-refractivity contribution is -0.143. The highest BCUT2D eigenvalue weighted by molar-refractivity contribution is 5.76. The van der Waals surface area contributed by atoms with Gasteiger partial charge in [0.05, 0.1) is 25.4 Å². The monoisotopic (exact) mass is 1050 g/mol. The lowest BCUT2D eigenvalue weighted by Gasteiger charge is -2.20. The molecule has 0 aromatic heterocycles. The standard InChI is InChI=1S/C69H127NO5/c1-3-5-7-9-11-13-15-17-19-30-35-39-43-47-51-55-59-63-69(74)75-64-60-56-52-48-44-40-36-32-29-27-25-23-21-22-24-26-28-31-34-38-42-46-50-54-58-62-68(73)70-66(65-71)67(72)61-57-53-49-45-41-37-33-20-18-16-14-12-10-8-6-4-2/h11,13,17,19,22-25,57,61,66-67,71-72H,3-10,12,14-16,18,20-21,26-56,58-60,62-65H2,1-2H3,(H,70,73)/b13-11-,19-17-,24-22-,25-23-,61-57+. The number of hydrogen-bond acceptors (Lipinski definition) is 5. The molecule has 3 N–H and O–H groups in total. The number of carbonyl (C=O) groups excluding carboxylic acids is 2. The topological polar surface area (TPSA) is 95.9 Å². The zero-order valence-electron chi connectivity index (χ0n) is 50.0. The second-order valence-electron chi connectivity index (χ2n) is 22.4. The van der Waals surface area contributed by atoms with Crippen LogP contribution in [0.25, 0.3) is 0 Å². The van der Waals surface area contributed by atoms with Gasteiger partial charge in [-0.1, -0.05) is 293 Å². The van der Waals surface area contributed by atoms with Crippen LogP contribution in [0.15, 0.2) is 60.8 Å². The summed E-state index contributed by atoms with van der Waals surface area (Å²) in [4.78, 5) is 24.6. The molecular weight excluding hydrogens is 923 g/mol. The highest BCUT2D eigenvalue weighted by Crippen LogP contribution is 2.17. The van der Waals surface area contributed by atoms with E-state index >= 15 is 0 Å². The van der Waals surface area contributed by atoms with Crippen molar-refractivity contribution in [2.45, 2.75) is 353 Å². The molecule has 1 amide bonds. The van der Waals surface area contributed by atoms with Crippen molar-refractivity contribution in [2.75, 3.05) is 13.2 Å². The van der Waals surface area contributed by atoms with Crippen molar-refractivity contribution < 1.29 is 24.5 Å². The summed E-state index contributed by atoms with van der Waals surface area (Å²) >= 11 is 0. The largest absolute Gasteiger partial charge is 0.466 e. The highest BCUT2D eigenvalue weighted by Gasteiger charge is 2.18. The van der Waals surface area contributed by atoms with Crippen molar-refractivity contribution in [3.8, 4) is 0 Å². The van der Waals surface area contributed by atoms with Crippen LogP contribution in [0, 0.1) is 0 Å². The maximum Gasteiger partial charge on any atom is 0.305 e. The van der Waals surface area contributed by atoms with Crippen molar-refractivity contribution in [1.29, 1.82) is 0 Å². The third-order valence-electron chi connectivity index (χ3n) is 15.0. The summed E-state index contributed by atoms with van der Waals surface area (Å²) in [7, 11) is 0. The van der Waals surface area contributed by atoms with Crippen LogP contribution in [0.3, 0.4) is 0 Å². The third kappa shape index (κ3) is 60.6. The fourth-order valence-electron chi connectivity index (χ4n) is 9.93. The van der Waals surface area contributed by atoms with Gasteiger partial charge >= 0.3 is 5.97 Å². The Kier molecular flexibility index (Phi) is 62.0. The maximum atomic E-state index is 12.5. The van der Waals surface area contributed by atoms with Crippen LogP contribution in [0.5, 0.6) is 0 Å². The van der Waals surface area contributed by atoms with Gasteiger partial charge in [-0.3, -0.25) is 9.59 Å². The van der Waals surface area contributed by atoms with Crippen LogP contribution < -0.4 is 5.32 Å². The van der Waals surface area contributed by atoms with Crippen molar-refractivity contribution in [3.05, 3.63) is 60.8 Å². The van der Waals surface area contributed by atoms with E-state index in [0.29, 0.717) is 19.4 Å². The molecule has 0 saturated heterocycles. The van der Waals surface area contributed by atoms with Gasteiger partial charge in [-0.2, -0.15) is 0 Å². The van der Waals surface area contributed by atoms with E-state index in [-0.39, 0.29) is 18.5 Å². The van der Waals surface area contributed by atoms with Crippen LogP contribution in [0.1, 0.15) is 341 Å². The van der Waals surface area contributed by atoms with Gasteiger partial charge in [-0.15, -0.1) is 0 Å². The minimum absolute atomic E-state index is 0.000436. The second-order valence-corrected chi connectivity index (χ2v) is 22.4. The number of rotatable bonds is 61. The fraction of sp³-hybridized carbons (Fsp3) is 0.826. The summed E-state index contributed by atoms with van der Waals surface area (Å²) in [6.07, 6.45) is 84.1. The number of ether oxygens (including phenoxy) is 1. The number of amides is 1. The molecule has 0 aromatic rings. The molecular formula is C69H127NO5. The van der Waals surface area contributed by atoms with E-state index in [9.17, 15) is 19.8 Å². The number of aliphatic hydroxyl groups is 2. The number of nitrogens with one attached hydrogen (secondary N) is 1. The molecule has 0 radical (unpaired) electrons. The Hall–Kier alpha value is -2.44. The quantitative estimate of drug-likeness (QED) is 0.0320. The first-order valence-corrected chi connectivity index (χ1v) is 33.1. The lowest BCUT2D eigenvalue weighted by Crippen LogP contribution is -2.45. The molecule has 0 aromatic carbocycles. The molecule has 0 aliphatic rings. The van der Waals surface area contributed by atoms with Gasteiger partial charge in [-0.05, 0) is 96.3 Å². The molecule has 0 bridgehead atoms. The summed E-state index contributed by atoms with van der Waals surface area (Å²) in [5.74, 6) is -0.0729. The van der Waals surface area contributed by atoms with E-state index in [1.165, 1.54) is 257 Å². The van der Waals surface area contributed by atoms with E-state index in [0.717, 1.165) is 57.8 Å². The van der Waals surface area contributed by atoms with Crippen LogP contribution >= 0.6 is 0 Å². The Labute approximate surface area is 467 Å². The predicted octanol–water partition coefficient (Wildman–Crippen LogP) is 21.1. The number of allylic oxidation sites excluding steroid dienone is 9. The molecule has 0 aliphatic carbocycles. The van der Waals surface area contributed by atoms with Crippen molar-refractivity contribution >= 4 is 11.9 Å². The Balaban J connectivity index is 3.46. The average Bonchev–Trinajstić information content (AvgIpc) is 3.41. The van der Waals surface area contributed by atoms with E-state index in [1.807, 2.05) is 6.08 Å². The number of carbonyl (C=O) groups is 2. The van der Waals surface area contributed by atoms with Gasteiger partial charge in [-0.25, -0.2) is 0 Å². The molecule has 6 nitrogen and oxygen atoms in total. The molecule has 2 atom stereocenters. The molecule has 75 heavy (non-hydrogen) atoms. The van der Waals surface area contributed by atoms with Gasteiger partial charge in [0.1, 0.15) is 0 Å². The first kappa shape index (κ1) is 72.6. The molecule has 6 heteroatoms. The van der Waals surface area contributed by atoms with Gasteiger partial charge < -0.3 is 20.3 Å². The maximum absolute atomic E-state index is 12.5. The van der Waals surface area contributed by atoms with Gasteiger partial charge in [0.15, 0.2) is 0 Å². The van der Waals surface area contributed by atoms with Crippen LogP contribution in [-0.2, 0) is 14.3 Å². The summed E-state index contributed by atoms with van der Waals surface area (Å²) in [5, 5.41) is 23.2. The molecule has 0 heterocycles. The van der Waals surface area contributed by atoms with Gasteiger partial charge in [0, 0.05) is 12.8 Å². The Morgan fingerprint density at radius 2 is 0.667 bits per heavy atom. The molecule has 0 fully saturated rings. The number of hydrogen-bond donors (Lipinski definition) is 3. The van der Waals surface area contributed by atoms with Gasteiger partial charge in [0.25, 0.3) is 0 Å². The second kappa shape index (κ2) is 64.1. The smallest absolute Gasteiger partial charge is 0.305 e. The first-order chi connectivity index (χ1) is 37.0. The summed E-state index contributed by atoms with van der Waals surface area (Å²) < 4.78 is 5.49. The average molecular weight is 1050 g/mol. The molecule has 0 saturated carbocycles.